The number of aryl methyl sites for hydroxylation is 1. The molecule has 0 fully saturated rings. The average Bonchev–Trinajstić information content (AvgIpc) is 2.02. The van der Waals surface area contributed by atoms with Gasteiger partial charge in [0.15, 0.2) is 5.82 Å². The Labute approximate surface area is 74.6 Å². The van der Waals surface area contributed by atoms with Crippen molar-refractivity contribution in [2.45, 2.75) is 13.1 Å². The number of anilines is 2. The number of nitrogens with one attached hydrogen (secondary N) is 3. The fraction of sp³-hybridized carbons (Fsp3) is 0.429. The van der Waals surface area contributed by atoms with Crippen LogP contribution in [0.5, 0.6) is 0 Å². The Kier molecular flexibility index (Phi) is 1.70. The van der Waals surface area contributed by atoms with E-state index in [1.807, 2.05) is 0 Å². The van der Waals surface area contributed by atoms with Crippen molar-refractivity contribution in [1.29, 1.82) is 0 Å². The zero-order valence-corrected chi connectivity index (χ0v) is 7.22. The van der Waals surface area contributed by atoms with Crippen LogP contribution in [0.25, 0.3) is 0 Å². The van der Waals surface area contributed by atoms with Gasteiger partial charge < -0.3 is 21.4 Å². The summed E-state index contributed by atoms with van der Waals surface area (Å²) in [5, 5.41) is 5.84. The van der Waals surface area contributed by atoms with E-state index in [-0.39, 0.29) is 11.7 Å². The van der Waals surface area contributed by atoms with Crippen molar-refractivity contribution in [2.75, 3.05) is 17.2 Å². The molecule has 1 aliphatic heterocycles. The van der Waals surface area contributed by atoms with E-state index in [0.717, 1.165) is 0 Å². The molecule has 0 saturated heterocycles. The smallest absolute Gasteiger partial charge is 0.276 e. The van der Waals surface area contributed by atoms with Gasteiger partial charge in [-0.15, -0.1) is 0 Å². The summed E-state index contributed by atoms with van der Waals surface area (Å²) >= 11 is 0. The Bertz CT molecular complexity index is 385. The van der Waals surface area contributed by atoms with Crippen LogP contribution >= 0.6 is 0 Å². The van der Waals surface area contributed by atoms with Gasteiger partial charge in [-0.3, -0.25) is 4.79 Å². The van der Waals surface area contributed by atoms with Gasteiger partial charge in [0.25, 0.3) is 5.56 Å². The molecule has 6 nitrogen and oxygen atoms in total. The number of nitrogens with zero attached hydrogens (tertiary/aromatic N) is 1. The highest BCUT2D eigenvalue weighted by Crippen LogP contribution is 2.16. The Morgan fingerprint density at radius 1 is 1.62 bits per heavy atom. The molecule has 0 amide bonds. The van der Waals surface area contributed by atoms with E-state index >= 15 is 0 Å². The molecule has 70 valence electrons. The molecule has 13 heavy (non-hydrogen) atoms. The average molecular weight is 181 g/mol. The lowest BCUT2D eigenvalue weighted by Crippen LogP contribution is -2.42. The van der Waals surface area contributed by atoms with Crippen LogP contribution in [-0.4, -0.2) is 22.7 Å². The second-order valence-corrected chi connectivity index (χ2v) is 3.01. The third kappa shape index (κ3) is 1.35. The van der Waals surface area contributed by atoms with E-state index in [1.165, 1.54) is 0 Å². The maximum Gasteiger partial charge on any atom is 0.276 e. The molecule has 1 aromatic heterocycles. The zero-order valence-electron chi connectivity index (χ0n) is 7.22. The summed E-state index contributed by atoms with van der Waals surface area (Å²) in [6, 6.07) is 0. The maximum absolute atomic E-state index is 11.4. The number of aromatic nitrogens is 2. The van der Waals surface area contributed by atoms with Crippen molar-refractivity contribution in [1.82, 2.24) is 9.97 Å². The van der Waals surface area contributed by atoms with Gasteiger partial charge in [0.2, 0.25) is 0 Å². The number of aromatic amines is 1. The summed E-state index contributed by atoms with van der Waals surface area (Å²) in [5.74, 6) is 1.10. The van der Waals surface area contributed by atoms with E-state index in [1.54, 1.807) is 6.92 Å². The minimum Gasteiger partial charge on any atom is -0.374 e. The van der Waals surface area contributed by atoms with Crippen molar-refractivity contribution < 1.29 is 0 Å². The Morgan fingerprint density at radius 3 is 3.15 bits per heavy atom. The largest absolute Gasteiger partial charge is 0.374 e. The summed E-state index contributed by atoms with van der Waals surface area (Å²) < 4.78 is 0. The molecule has 1 aliphatic rings. The van der Waals surface area contributed by atoms with Crippen LogP contribution < -0.4 is 21.9 Å². The number of nitrogens with two attached hydrogens (primary N) is 1. The molecule has 0 bridgehead atoms. The lowest BCUT2D eigenvalue weighted by Gasteiger charge is -2.23. The van der Waals surface area contributed by atoms with Crippen molar-refractivity contribution in [3.05, 3.63) is 16.2 Å². The van der Waals surface area contributed by atoms with Crippen LogP contribution in [0.15, 0.2) is 4.79 Å². The SMILES string of the molecule is Cc1nc2c(c(=O)[nH]1)NC[C@H](N)N2. The predicted molar refractivity (Wildman–Crippen MR) is 49.7 cm³/mol. The first kappa shape index (κ1) is 8.06. The molecule has 2 heterocycles. The molecular formula is C7H11N5O. The standard InChI is InChI=1S/C7H11N5O/c1-3-10-6-5(7(13)11-3)9-2-4(8)12-6/h4,9H,2,8H2,1H3,(H2,10,11,12,13)/t4-/m1/s1. The molecule has 6 heteroatoms. The van der Waals surface area contributed by atoms with E-state index in [2.05, 4.69) is 20.6 Å². The first-order valence-corrected chi connectivity index (χ1v) is 4.04. The van der Waals surface area contributed by atoms with Crippen LogP contribution in [0.1, 0.15) is 5.82 Å². The van der Waals surface area contributed by atoms with Gasteiger partial charge in [-0.05, 0) is 6.92 Å². The number of H-pyrrole nitrogens is 1. The molecular weight excluding hydrogens is 170 g/mol. The molecule has 0 unspecified atom stereocenters. The quantitative estimate of drug-likeness (QED) is 0.420. The van der Waals surface area contributed by atoms with Crippen molar-refractivity contribution in [2.24, 2.45) is 5.73 Å². The number of fused-ring (bicyclic) bond motifs is 1. The van der Waals surface area contributed by atoms with Crippen LogP contribution in [-0.2, 0) is 0 Å². The first-order chi connectivity index (χ1) is 6.16. The fourth-order valence-corrected chi connectivity index (χ4v) is 1.29. The summed E-state index contributed by atoms with van der Waals surface area (Å²) in [5.41, 5.74) is 5.92. The Hall–Kier alpha value is -1.56. The third-order valence-electron chi connectivity index (χ3n) is 1.86. The van der Waals surface area contributed by atoms with Crippen LogP contribution in [0.4, 0.5) is 11.5 Å². The van der Waals surface area contributed by atoms with E-state index in [0.29, 0.717) is 23.9 Å². The lowest BCUT2D eigenvalue weighted by molar-refractivity contribution is 0.763. The molecule has 5 N–H and O–H groups in total. The highest BCUT2D eigenvalue weighted by molar-refractivity contribution is 5.65. The van der Waals surface area contributed by atoms with Crippen LogP contribution in [0.2, 0.25) is 0 Å². The molecule has 0 aliphatic carbocycles. The fourth-order valence-electron chi connectivity index (χ4n) is 1.29. The molecule has 2 rings (SSSR count). The first-order valence-electron chi connectivity index (χ1n) is 4.04. The summed E-state index contributed by atoms with van der Waals surface area (Å²) in [6.45, 7) is 2.25. The minimum atomic E-state index is -0.193. The summed E-state index contributed by atoms with van der Waals surface area (Å²) in [4.78, 5) is 18.1. The molecule has 1 aromatic rings. The van der Waals surface area contributed by atoms with E-state index in [4.69, 9.17) is 5.73 Å². The maximum atomic E-state index is 11.4. The van der Waals surface area contributed by atoms with Crippen LogP contribution in [0, 0.1) is 6.92 Å². The number of rotatable bonds is 0. The van der Waals surface area contributed by atoms with Crippen LogP contribution in [0.3, 0.4) is 0 Å². The zero-order chi connectivity index (χ0) is 9.42. The topological polar surface area (TPSA) is 95.8 Å². The molecule has 0 spiro atoms. The molecule has 1 atom stereocenters. The highest BCUT2D eigenvalue weighted by Gasteiger charge is 2.17. The van der Waals surface area contributed by atoms with Gasteiger partial charge in [-0.2, -0.15) is 0 Å². The molecule has 0 saturated carbocycles. The van der Waals surface area contributed by atoms with Gasteiger partial charge in [0.05, 0.1) is 6.17 Å². The summed E-state index contributed by atoms with van der Waals surface area (Å²) in [7, 11) is 0. The Morgan fingerprint density at radius 2 is 2.38 bits per heavy atom. The second-order valence-electron chi connectivity index (χ2n) is 3.01. The number of hydrogen-bond acceptors (Lipinski definition) is 5. The highest BCUT2D eigenvalue weighted by atomic mass is 16.1. The lowest BCUT2D eigenvalue weighted by atomic mass is 10.3. The number of hydrogen-bond donors (Lipinski definition) is 4. The van der Waals surface area contributed by atoms with Crippen molar-refractivity contribution in [3.8, 4) is 0 Å². The van der Waals surface area contributed by atoms with Crippen molar-refractivity contribution in [3.63, 3.8) is 0 Å². The van der Waals surface area contributed by atoms with Crippen molar-refractivity contribution >= 4 is 11.5 Å². The van der Waals surface area contributed by atoms with Gasteiger partial charge in [-0.25, -0.2) is 4.98 Å². The Balaban J connectivity index is 2.53. The monoisotopic (exact) mass is 181 g/mol. The van der Waals surface area contributed by atoms with Gasteiger partial charge in [-0.1, -0.05) is 0 Å². The van der Waals surface area contributed by atoms with E-state index in [9.17, 15) is 4.79 Å². The van der Waals surface area contributed by atoms with Gasteiger partial charge in [0, 0.05) is 6.54 Å². The van der Waals surface area contributed by atoms with E-state index < -0.39 is 0 Å². The molecule has 0 radical (unpaired) electrons. The second kappa shape index (κ2) is 2.74. The van der Waals surface area contributed by atoms with Gasteiger partial charge in [0.1, 0.15) is 11.5 Å². The third-order valence-corrected chi connectivity index (χ3v) is 1.86. The predicted octanol–water partition coefficient (Wildman–Crippen LogP) is -0.799. The summed E-state index contributed by atoms with van der Waals surface area (Å²) in [6.07, 6.45) is -0.193. The van der Waals surface area contributed by atoms with Gasteiger partial charge >= 0.3 is 0 Å². The molecule has 0 aromatic carbocycles. The normalized spacial score (nSPS) is 20.0. The minimum absolute atomic E-state index is 0.165.